The molecule has 11 heteroatoms. The first-order valence-corrected chi connectivity index (χ1v) is 3.79. The van der Waals surface area contributed by atoms with Gasteiger partial charge in [-0.05, 0) is 0 Å². The predicted molar refractivity (Wildman–Crippen MR) is 4.44 cm³/mol. The molecular formula is H2Cl2HgO8. The van der Waals surface area contributed by atoms with E-state index < -0.39 is 20.5 Å². The maximum absolute atomic E-state index is 8.60. The molecule has 0 heterocycles. The number of hydrogen-bond donors (Lipinski definition) is 2. The molecule has 0 rings (SSSR count). The van der Waals surface area contributed by atoms with Gasteiger partial charge in [-0.25, -0.2) is 0 Å². The third-order valence-corrected chi connectivity index (χ3v) is 0. The Kier molecular flexibility index (Phi) is 11.0. The predicted octanol–water partition coefficient (Wildman–Crippen LogP) is -8.25. The maximum Gasteiger partial charge on any atom is 0.0777 e. The van der Waals surface area contributed by atoms with Gasteiger partial charge in [-0.2, -0.15) is 28.0 Å². The molecule has 0 amide bonds. The van der Waals surface area contributed by atoms with Crippen LogP contribution in [0.3, 0.4) is 0 Å². The van der Waals surface area contributed by atoms with Gasteiger partial charge < -0.3 is 0 Å². The molecule has 0 aliphatic rings. The third-order valence-electron chi connectivity index (χ3n) is 0. The second-order valence-corrected chi connectivity index (χ2v) is 2.38. The van der Waals surface area contributed by atoms with Crippen molar-refractivity contribution in [3.8, 4) is 0 Å². The average molecular weight is 402 g/mol. The van der Waals surface area contributed by atoms with Crippen LogP contribution in [-0.4, -0.2) is 9.32 Å². The van der Waals surface area contributed by atoms with E-state index in [0.717, 1.165) is 0 Å². The summed E-state index contributed by atoms with van der Waals surface area (Å²) in [5.41, 5.74) is 0. The summed E-state index contributed by atoms with van der Waals surface area (Å²) in [5, 5.41) is 0. The van der Waals surface area contributed by atoms with Gasteiger partial charge in [0.05, 0.1) is 29.8 Å². The molecule has 66 valence electrons. The summed E-state index contributed by atoms with van der Waals surface area (Å²) in [4.78, 5) is 0. The molecule has 0 aliphatic carbocycles. The minimum absolute atomic E-state index is 0. The van der Waals surface area contributed by atoms with Crippen molar-refractivity contribution in [2.45, 2.75) is 0 Å². The fraction of sp³-hybridized carbons (Fsp3) is 0. The van der Waals surface area contributed by atoms with Crippen LogP contribution in [0.4, 0.5) is 0 Å². The number of hydrogen-bond acceptors (Lipinski definition) is 8. The third kappa shape index (κ3) is 663. The van der Waals surface area contributed by atoms with E-state index in [1.165, 1.54) is 0 Å². The van der Waals surface area contributed by atoms with Gasteiger partial charge in [0, 0.05) is 27.7 Å². The van der Waals surface area contributed by atoms with Crippen molar-refractivity contribution >= 4 is 0 Å². The Bertz CT molecular complexity index is 55.1. The number of halogens is 2. The fourth-order valence-corrected chi connectivity index (χ4v) is 0. The smallest absolute Gasteiger partial charge is 0.0777 e. The van der Waals surface area contributed by atoms with Crippen molar-refractivity contribution in [2.24, 2.45) is 0 Å². The van der Waals surface area contributed by atoms with Crippen LogP contribution in [0.1, 0.15) is 0 Å². The van der Waals surface area contributed by atoms with Crippen LogP contribution in [0.15, 0.2) is 0 Å². The summed E-state index contributed by atoms with van der Waals surface area (Å²) < 4.78 is 65.4. The van der Waals surface area contributed by atoms with Crippen LogP contribution >= 0.6 is 0 Å². The largest absolute Gasteiger partial charge is 0.183 e. The summed E-state index contributed by atoms with van der Waals surface area (Å²) in [7, 11) is -9.39. The van der Waals surface area contributed by atoms with Crippen LogP contribution in [-0.2, 0) is 27.7 Å². The normalized spacial score (nSPS) is 10.9. The summed E-state index contributed by atoms with van der Waals surface area (Å²) >= 11 is 0. The molecule has 0 aromatic carbocycles. The van der Waals surface area contributed by atoms with E-state index in [9.17, 15) is 0 Å². The van der Waals surface area contributed by atoms with Crippen molar-refractivity contribution in [1.29, 1.82) is 0 Å². The van der Waals surface area contributed by atoms with Gasteiger partial charge in [0.2, 0.25) is 0 Å². The van der Waals surface area contributed by atoms with E-state index in [4.69, 9.17) is 37.3 Å². The fourth-order valence-electron chi connectivity index (χ4n) is 0. The first-order valence-electron chi connectivity index (χ1n) is 1.26. The molecule has 0 aliphatic heterocycles. The zero-order valence-corrected chi connectivity index (χ0v) is 11.8. The van der Waals surface area contributed by atoms with Crippen LogP contribution in [0, 0.1) is 20.5 Å². The Hall–Kier alpha value is 1.20. The first kappa shape index (κ1) is 18.1. The van der Waals surface area contributed by atoms with Gasteiger partial charge in [-0.15, -0.1) is 0 Å². The summed E-state index contributed by atoms with van der Waals surface area (Å²) in [6.07, 6.45) is 0. The second kappa shape index (κ2) is 6.68. The van der Waals surface area contributed by atoms with Gasteiger partial charge in [0.25, 0.3) is 0 Å². The van der Waals surface area contributed by atoms with Gasteiger partial charge in [-0.1, -0.05) is 0 Å². The van der Waals surface area contributed by atoms with E-state index in [2.05, 4.69) is 0 Å². The first-order chi connectivity index (χ1) is 4.00. The van der Waals surface area contributed by atoms with Crippen molar-refractivity contribution in [3.05, 3.63) is 0 Å². The Morgan fingerprint density at radius 1 is 0.636 bits per heavy atom. The van der Waals surface area contributed by atoms with E-state index in [0.29, 0.717) is 0 Å². The Balaban J connectivity index is -0.000000107. The van der Waals surface area contributed by atoms with Crippen LogP contribution in [0.2, 0.25) is 0 Å². The van der Waals surface area contributed by atoms with Gasteiger partial charge >= 0.3 is 0 Å². The van der Waals surface area contributed by atoms with E-state index >= 15 is 0 Å². The van der Waals surface area contributed by atoms with E-state index in [-0.39, 0.29) is 27.7 Å². The molecule has 0 aromatic rings. The Morgan fingerprint density at radius 3 is 0.636 bits per heavy atom. The molecular weight excluding hydrogens is 399 g/mol. The summed E-state index contributed by atoms with van der Waals surface area (Å²) in [6.45, 7) is 0. The van der Waals surface area contributed by atoms with Gasteiger partial charge in [-0.3, -0.25) is 0 Å². The zero-order valence-electron chi connectivity index (χ0n) is 4.81. The maximum atomic E-state index is 8.60. The van der Waals surface area contributed by atoms with Crippen molar-refractivity contribution in [3.63, 3.8) is 0 Å². The molecule has 0 saturated carbocycles. The van der Waals surface area contributed by atoms with E-state index in [1.807, 2.05) is 0 Å². The van der Waals surface area contributed by atoms with Crippen molar-refractivity contribution in [1.82, 2.24) is 0 Å². The number of rotatable bonds is 0. The van der Waals surface area contributed by atoms with E-state index in [1.54, 1.807) is 0 Å². The SMILES string of the molecule is [Hg].[O-][Cl+3]([O-])([O-])O.[O-][Cl+3]([O-])([O-])O. The minimum atomic E-state index is -4.69. The van der Waals surface area contributed by atoms with Gasteiger partial charge in [0.1, 0.15) is 0 Å². The minimum Gasteiger partial charge on any atom is -0.183 e. The average Bonchev–Trinajstić information content (AvgIpc) is 1.12. The molecule has 0 saturated heterocycles. The topological polar surface area (TPSA) is 179 Å². The Morgan fingerprint density at radius 2 is 0.636 bits per heavy atom. The summed E-state index contributed by atoms with van der Waals surface area (Å²) in [6, 6.07) is 0. The molecule has 2 N–H and O–H groups in total. The van der Waals surface area contributed by atoms with Crippen molar-refractivity contribution in [2.75, 3.05) is 0 Å². The standard InChI is InChI=1S/2ClHO4.Hg/c2*2-1(3,4)5;/h2*(H,2,3,4,5);. The van der Waals surface area contributed by atoms with Gasteiger partial charge in [0.15, 0.2) is 0 Å². The molecule has 11 heavy (non-hydrogen) atoms. The van der Waals surface area contributed by atoms with Crippen molar-refractivity contribution < 1.29 is 85.4 Å². The van der Waals surface area contributed by atoms with Crippen LogP contribution in [0.25, 0.3) is 0 Å². The second-order valence-electron chi connectivity index (χ2n) is 0.792. The molecule has 8 nitrogen and oxygen atoms in total. The molecule has 0 aromatic heterocycles. The Labute approximate surface area is 85.3 Å². The zero-order chi connectivity index (χ0) is 9.00. The van der Waals surface area contributed by atoms with Crippen LogP contribution in [0.5, 0.6) is 0 Å². The monoisotopic (exact) mass is 402 g/mol. The molecule has 0 atom stereocenters. The quantitative estimate of drug-likeness (QED) is 0.375. The summed E-state index contributed by atoms with van der Waals surface area (Å²) in [5.74, 6) is 0. The van der Waals surface area contributed by atoms with Crippen LogP contribution < -0.4 is 28.0 Å². The molecule has 0 radical (unpaired) electrons. The molecule has 0 fully saturated rings. The molecule has 0 unspecified atom stereocenters. The molecule has 0 bridgehead atoms. The molecule has 0 spiro atoms.